The Labute approximate surface area is 84.5 Å². The maximum absolute atomic E-state index is 9.54. The first-order valence-corrected chi connectivity index (χ1v) is 5.00. The first-order chi connectivity index (χ1) is 6.60. The van der Waals surface area contributed by atoms with E-state index in [-0.39, 0.29) is 17.6 Å². The van der Waals surface area contributed by atoms with E-state index in [1.54, 1.807) is 0 Å². The standard InChI is InChI=1S/C12H16O2/c1-12(2)10(13)8-11(12)14-9-6-4-3-5-7-9/h3-7,10-11,13H,8H2,1-2H3/t10-,11-/m1/s1. The van der Waals surface area contributed by atoms with Gasteiger partial charge < -0.3 is 9.84 Å². The molecule has 0 heterocycles. The monoisotopic (exact) mass is 192 g/mol. The molecule has 0 unspecified atom stereocenters. The molecule has 0 aromatic heterocycles. The summed E-state index contributed by atoms with van der Waals surface area (Å²) in [6, 6.07) is 9.77. The summed E-state index contributed by atoms with van der Waals surface area (Å²) >= 11 is 0. The minimum atomic E-state index is -0.226. The van der Waals surface area contributed by atoms with Gasteiger partial charge in [-0.3, -0.25) is 0 Å². The number of rotatable bonds is 2. The zero-order valence-electron chi connectivity index (χ0n) is 8.60. The minimum absolute atomic E-state index is 0.115. The number of aliphatic hydroxyl groups excluding tert-OH is 1. The summed E-state index contributed by atoms with van der Waals surface area (Å²) in [6.07, 6.45) is 0.651. The molecule has 1 fully saturated rings. The fraction of sp³-hybridized carbons (Fsp3) is 0.500. The van der Waals surface area contributed by atoms with Gasteiger partial charge in [-0.2, -0.15) is 0 Å². The Morgan fingerprint density at radius 2 is 1.93 bits per heavy atom. The van der Waals surface area contributed by atoms with E-state index in [1.807, 2.05) is 44.2 Å². The van der Waals surface area contributed by atoms with Crippen molar-refractivity contribution >= 4 is 0 Å². The van der Waals surface area contributed by atoms with Crippen LogP contribution < -0.4 is 4.74 Å². The number of ether oxygens (including phenoxy) is 1. The molecule has 0 amide bonds. The number of benzene rings is 1. The molecule has 0 bridgehead atoms. The van der Waals surface area contributed by atoms with Crippen molar-refractivity contribution in [1.29, 1.82) is 0 Å². The molecule has 0 aliphatic heterocycles. The Morgan fingerprint density at radius 1 is 1.29 bits per heavy atom. The average Bonchev–Trinajstić information content (AvgIpc) is 2.19. The molecule has 0 spiro atoms. The van der Waals surface area contributed by atoms with Crippen molar-refractivity contribution < 1.29 is 9.84 Å². The van der Waals surface area contributed by atoms with Gasteiger partial charge in [-0.25, -0.2) is 0 Å². The van der Waals surface area contributed by atoms with Gasteiger partial charge in [0, 0.05) is 11.8 Å². The van der Waals surface area contributed by atoms with Crippen LogP contribution in [0.15, 0.2) is 30.3 Å². The zero-order chi connectivity index (χ0) is 10.2. The van der Waals surface area contributed by atoms with E-state index in [4.69, 9.17) is 4.74 Å². The van der Waals surface area contributed by atoms with Crippen LogP contribution >= 0.6 is 0 Å². The minimum Gasteiger partial charge on any atom is -0.490 e. The molecule has 76 valence electrons. The van der Waals surface area contributed by atoms with Gasteiger partial charge in [-0.05, 0) is 12.1 Å². The summed E-state index contributed by atoms with van der Waals surface area (Å²) in [5.41, 5.74) is -0.115. The van der Waals surface area contributed by atoms with E-state index >= 15 is 0 Å². The van der Waals surface area contributed by atoms with Crippen molar-refractivity contribution in [3.05, 3.63) is 30.3 Å². The molecular formula is C12H16O2. The molecule has 2 heteroatoms. The molecule has 0 saturated heterocycles. The van der Waals surface area contributed by atoms with Gasteiger partial charge in [0.15, 0.2) is 0 Å². The molecule has 1 N–H and O–H groups in total. The molecule has 0 radical (unpaired) electrons. The molecule has 1 aromatic rings. The molecule has 14 heavy (non-hydrogen) atoms. The molecule has 2 nitrogen and oxygen atoms in total. The summed E-state index contributed by atoms with van der Waals surface area (Å²) in [7, 11) is 0. The van der Waals surface area contributed by atoms with Crippen molar-refractivity contribution in [2.75, 3.05) is 0 Å². The molecule has 2 atom stereocenters. The SMILES string of the molecule is CC1(C)[C@H](O)C[C@H]1Oc1ccccc1. The van der Waals surface area contributed by atoms with Crippen molar-refractivity contribution in [3.8, 4) is 5.75 Å². The fourth-order valence-corrected chi connectivity index (χ4v) is 1.73. The van der Waals surface area contributed by atoms with E-state index < -0.39 is 0 Å². The lowest BCUT2D eigenvalue weighted by molar-refractivity contribution is -0.134. The van der Waals surface area contributed by atoms with Gasteiger partial charge in [0.05, 0.1) is 6.10 Å². The second kappa shape index (κ2) is 3.28. The molecule has 1 aliphatic rings. The van der Waals surface area contributed by atoms with E-state index in [0.29, 0.717) is 0 Å². The topological polar surface area (TPSA) is 29.5 Å². The Bertz CT molecular complexity index is 305. The lowest BCUT2D eigenvalue weighted by Gasteiger charge is -2.48. The van der Waals surface area contributed by atoms with Gasteiger partial charge in [-0.1, -0.05) is 32.0 Å². The van der Waals surface area contributed by atoms with Crippen LogP contribution in [0.3, 0.4) is 0 Å². The van der Waals surface area contributed by atoms with E-state index in [9.17, 15) is 5.11 Å². The summed E-state index contributed by atoms with van der Waals surface area (Å²) in [4.78, 5) is 0. The largest absolute Gasteiger partial charge is 0.490 e. The zero-order valence-corrected chi connectivity index (χ0v) is 8.60. The number of hydrogen-bond acceptors (Lipinski definition) is 2. The summed E-state index contributed by atoms with van der Waals surface area (Å²) in [6.45, 7) is 4.07. The van der Waals surface area contributed by atoms with E-state index in [2.05, 4.69) is 0 Å². The van der Waals surface area contributed by atoms with Gasteiger partial charge in [0.25, 0.3) is 0 Å². The fourth-order valence-electron chi connectivity index (χ4n) is 1.73. The molecule has 1 saturated carbocycles. The highest BCUT2D eigenvalue weighted by Gasteiger charge is 2.49. The van der Waals surface area contributed by atoms with Crippen LogP contribution in [0.5, 0.6) is 5.75 Å². The predicted molar refractivity (Wildman–Crippen MR) is 55.3 cm³/mol. The van der Waals surface area contributed by atoms with E-state index in [0.717, 1.165) is 12.2 Å². The highest BCUT2D eigenvalue weighted by molar-refractivity contribution is 5.22. The van der Waals surface area contributed by atoms with Crippen LogP contribution in [0.1, 0.15) is 20.3 Å². The third-order valence-electron chi connectivity index (χ3n) is 3.15. The smallest absolute Gasteiger partial charge is 0.119 e. The van der Waals surface area contributed by atoms with Gasteiger partial charge >= 0.3 is 0 Å². The Kier molecular flexibility index (Phi) is 2.23. The van der Waals surface area contributed by atoms with Crippen LogP contribution in [0.4, 0.5) is 0 Å². The summed E-state index contributed by atoms with van der Waals surface area (Å²) < 4.78 is 5.78. The first kappa shape index (κ1) is 9.53. The first-order valence-electron chi connectivity index (χ1n) is 5.00. The quantitative estimate of drug-likeness (QED) is 0.778. The molecule has 1 aromatic carbocycles. The maximum atomic E-state index is 9.54. The van der Waals surface area contributed by atoms with Crippen LogP contribution in [0.2, 0.25) is 0 Å². The number of aliphatic hydroxyl groups is 1. The van der Waals surface area contributed by atoms with Crippen LogP contribution in [-0.2, 0) is 0 Å². The lowest BCUT2D eigenvalue weighted by Crippen LogP contribution is -2.56. The second-order valence-corrected chi connectivity index (χ2v) is 4.49. The Hall–Kier alpha value is -1.02. The van der Waals surface area contributed by atoms with Crippen molar-refractivity contribution in [3.63, 3.8) is 0 Å². The number of hydrogen-bond donors (Lipinski definition) is 1. The highest BCUT2D eigenvalue weighted by Crippen LogP contribution is 2.42. The summed E-state index contributed by atoms with van der Waals surface area (Å²) in [5, 5.41) is 9.54. The molecular weight excluding hydrogens is 176 g/mol. The highest BCUT2D eigenvalue weighted by atomic mass is 16.5. The third kappa shape index (κ3) is 1.50. The summed E-state index contributed by atoms with van der Waals surface area (Å²) in [5.74, 6) is 0.887. The normalized spacial score (nSPS) is 29.4. The van der Waals surface area contributed by atoms with Gasteiger partial charge in [0.2, 0.25) is 0 Å². The van der Waals surface area contributed by atoms with Crippen LogP contribution in [-0.4, -0.2) is 17.3 Å². The predicted octanol–water partition coefficient (Wildman–Crippen LogP) is 2.22. The maximum Gasteiger partial charge on any atom is 0.119 e. The van der Waals surface area contributed by atoms with Crippen molar-refractivity contribution in [1.82, 2.24) is 0 Å². The number of para-hydroxylation sites is 1. The average molecular weight is 192 g/mol. The van der Waals surface area contributed by atoms with Crippen LogP contribution in [0.25, 0.3) is 0 Å². The van der Waals surface area contributed by atoms with Gasteiger partial charge in [0.1, 0.15) is 11.9 Å². The van der Waals surface area contributed by atoms with E-state index in [1.165, 1.54) is 0 Å². The van der Waals surface area contributed by atoms with Crippen molar-refractivity contribution in [2.24, 2.45) is 5.41 Å². The molecule has 1 aliphatic carbocycles. The second-order valence-electron chi connectivity index (χ2n) is 4.49. The third-order valence-corrected chi connectivity index (χ3v) is 3.15. The van der Waals surface area contributed by atoms with Gasteiger partial charge in [-0.15, -0.1) is 0 Å². The lowest BCUT2D eigenvalue weighted by atomic mass is 9.66. The van der Waals surface area contributed by atoms with Crippen LogP contribution in [0, 0.1) is 5.41 Å². The van der Waals surface area contributed by atoms with Crippen molar-refractivity contribution in [2.45, 2.75) is 32.5 Å². The Balaban J connectivity index is 2.01. The molecule has 2 rings (SSSR count). The Morgan fingerprint density at radius 3 is 2.43 bits per heavy atom.